The monoisotopic (exact) mass is 305 g/mol. The van der Waals surface area contributed by atoms with Crippen LogP contribution >= 0.6 is 11.3 Å². The Morgan fingerprint density at radius 1 is 1.24 bits per heavy atom. The van der Waals surface area contributed by atoms with E-state index in [2.05, 4.69) is 10.7 Å². The van der Waals surface area contributed by atoms with Gasteiger partial charge in [0.05, 0.1) is 14.2 Å². The number of thiophene rings is 1. The standard InChI is InChI=1S/C16H19NO3S/c1-19-14-5-4-13(15(9-14)20-2)10-17-16(18)6-3-12-7-8-21-11-12/h4-5,7-9,11H,3,6,10H2,1-2H3,(H,17,18). The van der Waals surface area contributed by atoms with Crippen LogP contribution in [0, 0.1) is 0 Å². The van der Waals surface area contributed by atoms with Gasteiger partial charge in [-0.15, -0.1) is 0 Å². The fraction of sp³-hybridized carbons (Fsp3) is 0.312. The van der Waals surface area contributed by atoms with Crippen molar-refractivity contribution in [2.45, 2.75) is 19.4 Å². The predicted molar refractivity (Wildman–Crippen MR) is 84.0 cm³/mol. The van der Waals surface area contributed by atoms with E-state index in [1.165, 1.54) is 5.56 Å². The average molecular weight is 305 g/mol. The molecule has 1 heterocycles. The third kappa shape index (κ3) is 4.49. The molecule has 21 heavy (non-hydrogen) atoms. The van der Waals surface area contributed by atoms with E-state index in [1.807, 2.05) is 29.6 Å². The molecule has 1 amide bonds. The lowest BCUT2D eigenvalue weighted by atomic mass is 10.1. The van der Waals surface area contributed by atoms with Crippen molar-refractivity contribution < 1.29 is 14.3 Å². The molecular weight excluding hydrogens is 286 g/mol. The largest absolute Gasteiger partial charge is 0.497 e. The minimum absolute atomic E-state index is 0.0408. The lowest BCUT2D eigenvalue weighted by molar-refractivity contribution is -0.121. The van der Waals surface area contributed by atoms with Gasteiger partial charge in [0.15, 0.2) is 0 Å². The molecule has 0 unspecified atom stereocenters. The highest BCUT2D eigenvalue weighted by atomic mass is 32.1. The van der Waals surface area contributed by atoms with Crippen LogP contribution in [0.3, 0.4) is 0 Å². The van der Waals surface area contributed by atoms with E-state index in [-0.39, 0.29) is 5.91 Å². The lowest BCUT2D eigenvalue weighted by Crippen LogP contribution is -2.23. The number of amides is 1. The van der Waals surface area contributed by atoms with E-state index in [0.717, 1.165) is 17.7 Å². The van der Waals surface area contributed by atoms with Gasteiger partial charge in [0.2, 0.25) is 5.91 Å². The Kier molecular flexibility index (Phi) is 5.63. The first kappa shape index (κ1) is 15.4. The van der Waals surface area contributed by atoms with Gasteiger partial charge < -0.3 is 14.8 Å². The van der Waals surface area contributed by atoms with Gasteiger partial charge in [0.25, 0.3) is 0 Å². The zero-order chi connectivity index (χ0) is 15.1. The van der Waals surface area contributed by atoms with Crippen LogP contribution in [-0.4, -0.2) is 20.1 Å². The van der Waals surface area contributed by atoms with Crippen LogP contribution in [0.4, 0.5) is 0 Å². The number of hydrogen-bond donors (Lipinski definition) is 1. The van der Waals surface area contributed by atoms with Crippen LogP contribution in [0.1, 0.15) is 17.5 Å². The molecule has 5 heteroatoms. The molecule has 0 bridgehead atoms. The van der Waals surface area contributed by atoms with Crippen LogP contribution in [0.5, 0.6) is 11.5 Å². The molecule has 1 aromatic heterocycles. The zero-order valence-electron chi connectivity index (χ0n) is 12.2. The smallest absolute Gasteiger partial charge is 0.220 e. The molecule has 0 spiro atoms. The molecule has 112 valence electrons. The van der Waals surface area contributed by atoms with Crippen molar-refractivity contribution in [3.8, 4) is 11.5 Å². The second-order valence-corrected chi connectivity index (χ2v) is 5.37. The fourth-order valence-electron chi connectivity index (χ4n) is 1.97. The molecule has 0 saturated heterocycles. The Balaban J connectivity index is 1.85. The first-order valence-corrected chi connectivity index (χ1v) is 7.66. The summed E-state index contributed by atoms with van der Waals surface area (Å²) in [7, 11) is 3.22. The minimum atomic E-state index is 0.0408. The Hall–Kier alpha value is -2.01. The van der Waals surface area contributed by atoms with Gasteiger partial charge in [-0.05, 0) is 40.9 Å². The van der Waals surface area contributed by atoms with E-state index in [4.69, 9.17) is 9.47 Å². The molecule has 0 aliphatic rings. The van der Waals surface area contributed by atoms with E-state index in [0.29, 0.717) is 18.7 Å². The molecule has 4 nitrogen and oxygen atoms in total. The van der Waals surface area contributed by atoms with Gasteiger partial charge in [-0.2, -0.15) is 11.3 Å². The third-order valence-corrected chi connectivity index (χ3v) is 3.92. The lowest BCUT2D eigenvalue weighted by Gasteiger charge is -2.11. The van der Waals surface area contributed by atoms with Gasteiger partial charge in [-0.1, -0.05) is 0 Å². The van der Waals surface area contributed by atoms with E-state index in [1.54, 1.807) is 25.6 Å². The summed E-state index contributed by atoms with van der Waals surface area (Å²) in [5.74, 6) is 1.49. The summed E-state index contributed by atoms with van der Waals surface area (Å²) in [6, 6.07) is 7.61. The summed E-state index contributed by atoms with van der Waals surface area (Å²) in [5.41, 5.74) is 2.14. The molecule has 0 saturated carbocycles. The summed E-state index contributed by atoms with van der Waals surface area (Å²) in [6.07, 6.45) is 1.27. The zero-order valence-corrected chi connectivity index (χ0v) is 13.0. The van der Waals surface area contributed by atoms with Gasteiger partial charge in [0.1, 0.15) is 11.5 Å². The van der Waals surface area contributed by atoms with Crippen LogP contribution in [0.15, 0.2) is 35.0 Å². The molecule has 0 aliphatic carbocycles. The number of aryl methyl sites for hydroxylation is 1. The van der Waals surface area contributed by atoms with Crippen LogP contribution in [0.25, 0.3) is 0 Å². The molecule has 0 atom stereocenters. The van der Waals surface area contributed by atoms with Crippen LogP contribution in [0.2, 0.25) is 0 Å². The Morgan fingerprint density at radius 2 is 2.10 bits per heavy atom. The number of nitrogens with one attached hydrogen (secondary N) is 1. The Labute approximate surface area is 128 Å². The second kappa shape index (κ2) is 7.69. The van der Waals surface area contributed by atoms with Crippen molar-refractivity contribution in [1.29, 1.82) is 0 Å². The van der Waals surface area contributed by atoms with Crippen molar-refractivity contribution >= 4 is 17.2 Å². The maximum Gasteiger partial charge on any atom is 0.220 e. The van der Waals surface area contributed by atoms with Gasteiger partial charge in [-0.25, -0.2) is 0 Å². The average Bonchev–Trinajstić information content (AvgIpc) is 3.04. The van der Waals surface area contributed by atoms with Crippen molar-refractivity contribution in [3.05, 3.63) is 46.2 Å². The van der Waals surface area contributed by atoms with Crippen LogP contribution in [-0.2, 0) is 17.8 Å². The van der Waals surface area contributed by atoms with Crippen molar-refractivity contribution in [2.75, 3.05) is 14.2 Å². The number of carbonyl (C=O) groups excluding carboxylic acids is 1. The quantitative estimate of drug-likeness (QED) is 0.855. The highest BCUT2D eigenvalue weighted by molar-refractivity contribution is 7.07. The molecule has 1 N–H and O–H groups in total. The molecule has 0 radical (unpaired) electrons. The number of rotatable bonds is 7. The first-order valence-electron chi connectivity index (χ1n) is 6.71. The number of ether oxygens (including phenoxy) is 2. The van der Waals surface area contributed by atoms with Crippen molar-refractivity contribution in [3.63, 3.8) is 0 Å². The summed E-state index contributed by atoms with van der Waals surface area (Å²) in [6.45, 7) is 0.454. The highest BCUT2D eigenvalue weighted by Gasteiger charge is 2.07. The Morgan fingerprint density at radius 3 is 2.76 bits per heavy atom. The summed E-state index contributed by atoms with van der Waals surface area (Å²) < 4.78 is 10.5. The predicted octanol–water partition coefficient (Wildman–Crippen LogP) is 3.01. The molecular formula is C16H19NO3S. The normalized spacial score (nSPS) is 10.2. The number of hydrogen-bond acceptors (Lipinski definition) is 4. The molecule has 2 aromatic rings. The fourth-order valence-corrected chi connectivity index (χ4v) is 2.68. The van der Waals surface area contributed by atoms with E-state index in [9.17, 15) is 4.79 Å². The minimum Gasteiger partial charge on any atom is -0.497 e. The summed E-state index contributed by atoms with van der Waals surface area (Å²) >= 11 is 1.65. The summed E-state index contributed by atoms with van der Waals surface area (Å²) in [4.78, 5) is 11.9. The van der Waals surface area contributed by atoms with E-state index < -0.39 is 0 Å². The van der Waals surface area contributed by atoms with E-state index >= 15 is 0 Å². The maximum atomic E-state index is 11.9. The Bertz CT molecular complexity index is 581. The molecule has 0 aliphatic heterocycles. The summed E-state index contributed by atoms with van der Waals surface area (Å²) in [5, 5.41) is 7.01. The number of methoxy groups -OCH3 is 2. The van der Waals surface area contributed by atoms with Gasteiger partial charge in [-0.3, -0.25) is 4.79 Å². The number of carbonyl (C=O) groups is 1. The highest BCUT2D eigenvalue weighted by Crippen LogP contribution is 2.24. The maximum absolute atomic E-state index is 11.9. The first-order chi connectivity index (χ1) is 10.2. The molecule has 2 rings (SSSR count). The second-order valence-electron chi connectivity index (χ2n) is 4.59. The SMILES string of the molecule is COc1ccc(CNC(=O)CCc2ccsc2)c(OC)c1. The molecule has 1 aromatic carbocycles. The van der Waals surface area contributed by atoms with Gasteiger partial charge >= 0.3 is 0 Å². The number of benzene rings is 1. The topological polar surface area (TPSA) is 47.6 Å². The van der Waals surface area contributed by atoms with Crippen molar-refractivity contribution in [1.82, 2.24) is 5.32 Å². The van der Waals surface area contributed by atoms with Gasteiger partial charge in [0, 0.05) is 24.6 Å². The van der Waals surface area contributed by atoms with Crippen LogP contribution < -0.4 is 14.8 Å². The molecule has 0 fully saturated rings. The van der Waals surface area contributed by atoms with Crippen molar-refractivity contribution in [2.24, 2.45) is 0 Å². The third-order valence-electron chi connectivity index (χ3n) is 3.19.